The predicted molar refractivity (Wildman–Crippen MR) is 116 cm³/mol. The molecule has 2 aliphatic rings. The van der Waals surface area contributed by atoms with Crippen LogP contribution in [0, 0.1) is 5.92 Å². The van der Waals surface area contributed by atoms with Crippen LogP contribution in [0.4, 0.5) is 0 Å². The van der Waals surface area contributed by atoms with Crippen LogP contribution in [-0.2, 0) is 16.6 Å². The summed E-state index contributed by atoms with van der Waals surface area (Å²) in [5.41, 5.74) is 4.66. The van der Waals surface area contributed by atoms with E-state index in [9.17, 15) is 9.90 Å². The highest BCUT2D eigenvalue weighted by Gasteiger charge is 2.51. The fourth-order valence-electron chi connectivity index (χ4n) is 5.57. The van der Waals surface area contributed by atoms with Crippen LogP contribution in [0.15, 0.2) is 55.1 Å². The van der Waals surface area contributed by atoms with E-state index in [0.717, 1.165) is 49.7 Å². The highest BCUT2D eigenvalue weighted by Crippen LogP contribution is 2.57. The van der Waals surface area contributed by atoms with Gasteiger partial charge in [0.1, 0.15) is 0 Å². The van der Waals surface area contributed by atoms with E-state index >= 15 is 0 Å². The average molecular weight is 391 g/mol. The molecule has 2 aromatic rings. The van der Waals surface area contributed by atoms with Crippen LogP contribution in [0.25, 0.3) is 5.57 Å². The molecule has 4 rings (SSSR count). The molecule has 29 heavy (non-hydrogen) atoms. The number of rotatable bonds is 4. The number of benzene rings is 2. The zero-order chi connectivity index (χ0) is 20.6. The third-order valence-electron chi connectivity index (χ3n) is 7.32. The van der Waals surface area contributed by atoms with Crippen molar-refractivity contribution in [3.05, 3.63) is 77.4 Å². The van der Waals surface area contributed by atoms with Gasteiger partial charge in [0.05, 0.1) is 18.3 Å². The minimum absolute atomic E-state index is 0.0477. The monoisotopic (exact) mass is 390 g/mol. The molecule has 152 valence electrons. The lowest BCUT2D eigenvalue weighted by Gasteiger charge is -2.54. The summed E-state index contributed by atoms with van der Waals surface area (Å²) in [5.74, 6) is 0.0224. The van der Waals surface area contributed by atoms with Gasteiger partial charge in [-0.2, -0.15) is 0 Å². The SMILES string of the molecule is C=C1C[C@H]2C[C@@](O)(CC)CC[C@@]2(Cc2ccccc2)c2ccc(C(=O)OC)cc21. The third kappa shape index (κ3) is 3.42. The largest absolute Gasteiger partial charge is 0.465 e. The van der Waals surface area contributed by atoms with Gasteiger partial charge in [0.15, 0.2) is 0 Å². The molecule has 0 bridgehead atoms. The molecule has 0 aromatic heterocycles. The first-order valence-corrected chi connectivity index (χ1v) is 10.6. The number of hydrogen-bond donors (Lipinski definition) is 1. The molecule has 1 fully saturated rings. The first-order chi connectivity index (χ1) is 13.9. The van der Waals surface area contributed by atoms with E-state index in [2.05, 4.69) is 49.9 Å². The fourth-order valence-corrected chi connectivity index (χ4v) is 5.57. The Bertz CT molecular complexity index is 932. The Balaban J connectivity index is 1.84. The smallest absolute Gasteiger partial charge is 0.337 e. The maximum Gasteiger partial charge on any atom is 0.337 e. The zero-order valence-corrected chi connectivity index (χ0v) is 17.4. The van der Waals surface area contributed by atoms with Crippen LogP contribution in [0.3, 0.4) is 0 Å². The Morgan fingerprint density at radius 3 is 2.66 bits per heavy atom. The van der Waals surface area contributed by atoms with Crippen molar-refractivity contribution in [3.8, 4) is 0 Å². The number of fused-ring (bicyclic) bond motifs is 3. The van der Waals surface area contributed by atoms with Crippen molar-refractivity contribution < 1.29 is 14.6 Å². The second-order valence-electron chi connectivity index (χ2n) is 8.86. The molecule has 0 saturated heterocycles. The normalized spacial score (nSPS) is 28.4. The van der Waals surface area contributed by atoms with Gasteiger partial charge in [0, 0.05) is 5.41 Å². The van der Waals surface area contributed by atoms with Crippen molar-refractivity contribution in [2.75, 3.05) is 7.11 Å². The lowest BCUT2D eigenvalue weighted by Crippen LogP contribution is -2.50. The molecule has 0 spiro atoms. The molecule has 3 heteroatoms. The van der Waals surface area contributed by atoms with Gasteiger partial charge in [0.2, 0.25) is 0 Å². The molecule has 3 nitrogen and oxygen atoms in total. The topological polar surface area (TPSA) is 46.5 Å². The molecule has 1 N–H and O–H groups in total. The minimum atomic E-state index is -0.589. The number of carbonyl (C=O) groups is 1. The standard InChI is InChI=1S/C26H30O3/c1-4-25(28)12-13-26(16-19-8-6-5-7-9-19)21(17-25)14-18(2)22-15-20(24(27)29-3)10-11-23(22)26/h5-11,15,21,28H,2,4,12-14,16-17H2,1,3H3/t21-,25+,26-/m0/s1. The molecule has 3 atom stereocenters. The number of esters is 1. The van der Waals surface area contributed by atoms with Crippen LogP contribution in [-0.4, -0.2) is 23.8 Å². The third-order valence-corrected chi connectivity index (χ3v) is 7.32. The lowest BCUT2D eigenvalue weighted by molar-refractivity contribution is -0.0485. The molecule has 0 aliphatic heterocycles. The van der Waals surface area contributed by atoms with Crippen LogP contribution in [0.5, 0.6) is 0 Å². The lowest BCUT2D eigenvalue weighted by atomic mass is 9.51. The van der Waals surface area contributed by atoms with E-state index in [1.54, 1.807) is 0 Å². The Hall–Kier alpha value is -2.39. The zero-order valence-electron chi connectivity index (χ0n) is 17.4. The number of allylic oxidation sites excluding steroid dienone is 1. The fraction of sp³-hybridized carbons (Fsp3) is 0.423. The van der Waals surface area contributed by atoms with Gasteiger partial charge >= 0.3 is 5.97 Å². The number of methoxy groups -OCH3 is 1. The molecule has 2 aliphatic carbocycles. The van der Waals surface area contributed by atoms with Crippen LogP contribution < -0.4 is 0 Å². The summed E-state index contributed by atoms with van der Waals surface area (Å²) in [6, 6.07) is 16.6. The van der Waals surface area contributed by atoms with E-state index in [0.29, 0.717) is 11.5 Å². The molecule has 0 unspecified atom stereocenters. The Morgan fingerprint density at radius 1 is 1.21 bits per heavy atom. The van der Waals surface area contributed by atoms with Gasteiger partial charge in [0.25, 0.3) is 0 Å². The van der Waals surface area contributed by atoms with Crippen molar-refractivity contribution in [1.82, 2.24) is 0 Å². The van der Waals surface area contributed by atoms with E-state index in [1.165, 1.54) is 18.2 Å². The summed E-state index contributed by atoms with van der Waals surface area (Å²) in [6.45, 7) is 6.43. The van der Waals surface area contributed by atoms with E-state index in [1.807, 2.05) is 12.1 Å². The van der Waals surface area contributed by atoms with Gasteiger partial charge in [-0.15, -0.1) is 0 Å². The molecular weight excluding hydrogens is 360 g/mol. The van der Waals surface area contributed by atoms with Crippen molar-refractivity contribution in [1.29, 1.82) is 0 Å². The van der Waals surface area contributed by atoms with Crippen molar-refractivity contribution in [2.45, 2.75) is 56.5 Å². The number of carbonyl (C=O) groups excluding carboxylic acids is 1. The highest BCUT2D eigenvalue weighted by molar-refractivity contribution is 5.91. The summed E-state index contributed by atoms with van der Waals surface area (Å²) in [5, 5.41) is 11.1. The Morgan fingerprint density at radius 2 is 1.97 bits per heavy atom. The first kappa shape index (κ1) is 19.9. The summed E-state index contributed by atoms with van der Waals surface area (Å²) >= 11 is 0. The van der Waals surface area contributed by atoms with Gasteiger partial charge in [-0.05, 0) is 78.8 Å². The van der Waals surface area contributed by atoms with E-state index < -0.39 is 5.60 Å². The van der Waals surface area contributed by atoms with Crippen molar-refractivity contribution in [3.63, 3.8) is 0 Å². The molecule has 0 radical (unpaired) electrons. The van der Waals surface area contributed by atoms with Crippen LogP contribution >= 0.6 is 0 Å². The predicted octanol–water partition coefficient (Wildman–Crippen LogP) is 5.31. The average Bonchev–Trinajstić information content (AvgIpc) is 2.75. The highest BCUT2D eigenvalue weighted by atomic mass is 16.5. The Kier molecular flexibility index (Phi) is 5.12. The molecular formula is C26H30O3. The van der Waals surface area contributed by atoms with Gasteiger partial charge in [-0.25, -0.2) is 4.79 Å². The molecule has 1 saturated carbocycles. The van der Waals surface area contributed by atoms with Gasteiger partial charge < -0.3 is 9.84 Å². The van der Waals surface area contributed by atoms with E-state index in [4.69, 9.17) is 4.74 Å². The summed E-state index contributed by atoms with van der Waals surface area (Å²) in [7, 11) is 1.41. The summed E-state index contributed by atoms with van der Waals surface area (Å²) < 4.78 is 4.93. The van der Waals surface area contributed by atoms with Crippen molar-refractivity contribution >= 4 is 11.5 Å². The molecule has 0 amide bonds. The minimum Gasteiger partial charge on any atom is -0.465 e. The van der Waals surface area contributed by atoms with Crippen LogP contribution in [0.2, 0.25) is 0 Å². The molecule has 2 aromatic carbocycles. The van der Waals surface area contributed by atoms with Gasteiger partial charge in [-0.1, -0.05) is 49.9 Å². The number of ether oxygens (including phenoxy) is 1. The number of hydrogen-bond acceptors (Lipinski definition) is 3. The number of aliphatic hydroxyl groups is 1. The van der Waals surface area contributed by atoms with Gasteiger partial charge in [-0.3, -0.25) is 0 Å². The van der Waals surface area contributed by atoms with Crippen LogP contribution in [0.1, 0.15) is 66.1 Å². The Labute approximate surface area is 173 Å². The maximum absolute atomic E-state index is 12.1. The van der Waals surface area contributed by atoms with E-state index in [-0.39, 0.29) is 11.4 Å². The second-order valence-corrected chi connectivity index (χ2v) is 8.86. The second kappa shape index (κ2) is 7.46. The van der Waals surface area contributed by atoms with Crippen molar-refractivity contribution in [2.24, 2.45) is 5.92 Å². The maximum atomic E-state index is 12.1. The summed E-state index contributed by atoms with van der Waals surface area (Å²) in [6.07, 6.45) is 5.12. The first-order valence-electron chi connectivity index (χ1n) is 10.6. The molecule has 0 heterocycles. The quantitative estimate of drug-likeness (QED) is 0.720. The summed E-state index contributed by atoms with van der Waals surface area (Å²) in [4.78, 5) is 12.1.